The second-order valence-electron chi connectivity index (χ2n) is 6.50. The maximum atomic E-state index is 12.6. The molecule has 1 unspecified atom stereocenters. The van der Waals surface area contributed by atoms with Crippen LogP contribution in [0.2, 0.25) is 0 Å². The first-order chi connectivity index (χ1) is 12.6. The predicted molar refractivity (Wildman–Crippen MR) is 107 cm³/mol. The van der Waals surface area contributed by atoms with E-state index in [0.717, 1.165) is 40.0 Å². The fourth-order valence-electron chi connectivity index (χ4n) is 2.77. The van der Waals surface area contributed by atoms with Crippen LogP contribution in [0, 0.1) is 6.92 Å². The van der Waals surface area contributed by atoms with E-state index in [1.54, 1.807) is 11.3 Å². The summed E-state index contributed by atoms with van der Waals surface area (Å²) in [5.41, 5.74) is 1.95. The van der Waals surface area contributed by atoms with E-state index in [4.69, 9.17) is 0 Å². The molecule has 0 radical (unpaired) electrons. The summed E-state index contributed by atoms with van der Waals surface area (Å²) in [6.07, 6.45) is 2.29. The Labute approximate surface area is 160 Å². The second-order valence-corrected chi connectivity index (χ2v) is 8.76. The van der Waals surface area contributed by atoms with Crippen molar-refractivity contribution >= 4 is 34.7 Å². The van der Waals surface area contributed by atoms with Crippen LogP contribution in [-0.2, 0) is 4.79 Å². The lowest BCUT2D eigenvalue weighted by molar-refractivity contribution is -0.115. The molecule has 2 heterocycles. The molecule has 1 aliphatic rings. The molecule has 1 aliphatic carbocycles. The minimum Gasteiger partial charge on any atom is -0.325 e. The summed E-state index contributed by atoms with van der Waals surface area (Å²) in [4.78, 5) is 13.7. The van der Waals surface area contributed by atoms with Gasteiger partial charge in [-0.25, -0.2) is 0 Å². The lowest BCUT2D eigenvalue weighted by Crippen LogP contribution is -2.23. The van der Waals surface area contributed by atoms with Gasteiger partial charge in [-0.1, -0.05) is 30.0 Å². The Morgan fingerprint density at radius 3 is 2.85 bits per heavy atom. The van der Waals surface area contributed by atoms with Crippen molar-refractivity contribution in [2.75, 3.05) is 5.32 Å². The van der Waals surface area contributed by atoms with Crippen molar-refractivity contribution in [2.24, 2.45) is 0 Å². The number of benzene rings is 1. The molecule has 0 bridgehead atoms. The quantitative estimate of drug-likeness (QED) is 0.622. The van der Waals surface area contributed by atoms with Crippen LogP contribution in [0.5, 0.6) is 0 Å². The Kier molecular flexibility index (Phi) is 4.82. The molecule has 1 N–H and O–H groups in total. The maximum absolute atomic E-state index is 12.6. The number of nitrogens with zero attached hydrogens (tertiary/aromatic N) is 3. The third kappa shape index (κ3) is 3.68. The molecule has 2 aromatic heterocycles. The van der Waals surface area contributed by atoms with Crippen molar-refractivity contribution in [2.45, 2.75) is 43.1 Å². The second kappa shape index (κ2) is 7.25. The number of amides is 1. The molecule has 134 valence electrons. The molecule has 0 saturated heterocycles. The summed E-state index contributed by atoms with van der Waals surface area (Å²) < 4.78 is 2.20. The van der Waals surface area contributed by atoms with Crippen molar-refractivity contribution in [3.63, 3.8) is 0 Å². The zero-order valence-corrected chi connectivity index (χ0v) is 16.3. The molecule has 26 heavy (non-hydrogen) atoms. The van der Waals surface area contributed by atoms with Gasteiger partial charge in [0.25, 0.3) is 0 Å². The zero-order valence-electron chi connectivity index (χ0n) is 14.7. The third-order valence-electron chi connectivity index (χ3n) is 4.26. The van der Waals surface area contributed by atoms with Gasteiger partial charge in [0.15, 0.2) is 11.0 Å². The van der Waals surface area contributed by atoms with Crippen LogP contribution in [0.25, 0.3) is 10.7 Å². The van der Waals surface area contributed by atoms with Crippen molar-refractivity contribution in [1.29, 1.82) is 0 Å². The number of rotatable bonds is 6. The van der Waals surface area contributed by atoms with Gasteiger partial charge in [0, 0.05) is 11.7 Å². The van der Waals surface area contributed by atoms with Crippen molar-refractivity contribution < 1.29 is 4.79 Å². The van der Waals surface area contributed by atoms with Crippen molar-refractivity contribution in [3.05, 3.63) is 47.3 Å². The highest BCUT2D eigenvalue weighted by atomic mass is 32.2. The molecule has 3 aromatic rings. The van der Waals surface area contributed by atoms with Crippen LogP contribution in [0.1, 0.15) is 31.4 Å². The van der Waals surface area contributed by atoms with E-state index >= 15 is 0 Å². The molecule has 0 spiro atoms. The van der Waals surface area contributed by atoms with Gasteiger partial charge in [-0.2, -0.15) is 0 Å². The zero-order chi connectivity index (χ0) is 18.1. The first-order valence-corrected chi connectivity index (χ1v) is 10.4. The Bertz CT molecular complexity index is 916. The van der Waals surface area contributed by atoms with Crippen LogP contribution >= 0.6 is 23.1 Å². The number of hydrogen-bond donors (Lipinski definition) is 1. The summed E-state index contributed by atoms with van der Waals surface area (Å²) in [5, 5.41) is 14.4. The Balaban J connectivity index is 1.51. The Hall–Kier alpha value is -2.12. The normalized spacial score (nSPS) is 15.0. The van der Waals surface area contributed by atoms with Crippen LogP contribution in [-0.4, -0.2) is 25.9 Å². The molecule has 5 nitrogen and oxygen atoms in total. The number of hydrogen-bond acceptors (Lipinski definition) is 5. The Morgan fingerprint density at radius 2 is 2.15 bits per heavy atom. The lowest BCUT2D eigenvalue weighted by Gasteiger charge is -2.13. The number of carbonyl (C=O) groups excluding carboxylic acids is 1. The van der Waals surface area contributed by atoms with E-state index in [0.29, 0.717) is 6.04 Å². The van der Waals surface area contributed by atoms with E-state index in [1.807, 2.05) is 49.6 Å². The number of nitrogens with one attached hydrogen (secondary N) is 1. The molecule has 1 aromatic carbocycles. The van der Waals surface area contributed by atoms with Gasteiger partial charge in [0.05, 0.1) is 10.1 Å². The van der Waals surface area contributed by atoms with E-state index in [1.165, 1.54) is 11.8 Å². The molecule has 1 atom stereocenters. The van der Waals surface area contributed by atoms with Crippen LogP contribution in [0.3, 0.4) is 0 Å². The molecule has 1 fully saturated rings. The van der Waals surface area contributed by atoms with Gasteiger partial charge >= 0.3 is 0 Å². The van der Waals surface area contributed by atoms with Crippen LogP contribution in [0.4, 0.5) is 5.69 Å². The van der Waals surface area contributed by atoms with Crippen LogP contribution in [0.15, 0.2) is 46.9 Å². The first-order valence-electron chi connectivity index (χ1n) is 8.65. The van der Waals surface area contributed by atoms with Crippen LogP contribution < -0.4 is 5.32 Å². The molecule has 1 saturated carbocycles. The molecule has 0 aliphatic heterocycles. The molecular formula is C19H20N4OS2. The Morgan fingerprint density at radius 1 is 1.31 bits per heavy atom. The van der Waals surface area contributed by atoms with Gasteiger partial charge in [-0.3, -0.25) is 9.36 Å². The SMILES string of the molecule is Cc1cccc(NC(=O)C(C)Sc2nnc(-c3cccs3)n2C2CC2)c1. The summed E-state index contributed by atoms with van der Waals surface area (Å²) >= 11 is 3.14. The van der Waals surface area contributed by atoms with E-state index in [9.17, 15) is 4.79 Å². The number of thioether (sulfide) groups is 1. The van der Waals surface area contributed by atoms with Gasteiger partial charge in [0.2, 0.25) is 5.91 Å². The largest absolute Gasteiger partial charge is 0.325 e. The monoisotopic (exact) mass is 384 g/mol. The third-order valence-corrected chi connectivity index (χ3v) is 6.18. The number of anilines is 1. The van der Waals surface area contributed by atoms with Gasteiger partial charge in [-0.15, -0.1) is 21.5 Å². The minimum atomic E-state index is -0.256. The topological polar surface area (TPSA) is 59.8 Å². The van der Waals surface area contributed by atoms with E-state index in [2.05, 4.69) is 26.1 Å². The molecule has 1 amide bonds. The highest BCUT2D eigenvalue weighted by Crippen LogP contribution is 2.42. The van der Waals surface area contributed by atoms with Crippen molar-refractivity contribution in [1.82, 2.24) is 14.8 Å². The standard InChI is InChI=1S/C19H20N4OS2/c1-12-5-3-6-14(11-12)20-18(24)13(2)26-19-22-21-17(16-7-4-10-25-16)23(19)15-8-9-15/h3-7,10-11,13,15H,8-9H2,1-2H3,(H,20,24). The first kappa shape index (κ1) is 17.3. The minimum absolute atomic E-state index is 0.0244. The number of thiophene rings is 1. The summed E-state index contributed by atoms with van der Waals surface area (Å²) in [7, 11) is 0. The fraction of sp³-hybridized carbons (Fsp3) is 0.316. The highest BCUT2D eigenvalue weighted by molar-refractivity contribution is 8.00. The highest BCUT2D eigenvalue weighted by Gasteiger charge is 2.31. The summed E-state index contributed by atoms with van der Waals surface area (Å²) in [6.45, 7) is 3.92. The molecule has 4 rings (SSSR count). The number of aryl methyl sites for hydroxylation is 1. The van der Waals surface area contributed by atoms with Gasteiger partial charge in [0.1, 0.15) is 0 Å². The average Bonchev–Trinajstić information content (AvgIpc) is 3.14. The lowest BCUT2D eigenvalue weighted by atomic mass is 10.2. The summed E-state index contributed by atoms with van der Waals surface area (Å²) in [5.74, 6) is 0.889. The molecule has 7 heteroatoms. The predicted octanol–water partition coefficient (Wildman–Crippen LogP) is 4.77. The van der Waals surface area contributed by atoms with Gasteiger partial charge < -0.3 is 5.32 Å². The maximum Gasteiger partial charge on any atom is 0.237 e. The number of aromatic nitrogens is 3. The molecular weight excluding hydrogens is 364 g/mol. The fourth-order valence-corrected chi connectivity index (χ4v) is 4.40. The number of carbonyl (C=O) groups is 1. The smallest absolute Gasteiger partial charge is 0.237 e. The van der Waals surface area contributed by atoms with Crippen molar-refractivity contribution in [3.8, 4) is 10.7 Å². The average molecular weight is 385 g/mol. The van der Waals surface area contributed by atoms with Gasteiger partial charge in [-0.05, 0) is 55.8 Å². The van der Waals surface area contributed by atoms with E-state index in [-0.39, 0.29) is 11.2 Å². The summed E-state index contributed by atoms with van der Waals surface area (Å²) in [6, 6.07) is 12.4. The van der Waals surface area contributed by atoms with E-state index < -0.39 is 0 Å².